The molecule has 0 saturated carbocycles. The maximum Gasteiger partial charge on any atom is 0.143 e. The summed E-state index contributed by atoms with van der Waals surface area (Å²) in [7, 11) is 0. The Labute approximate surface area is 411 Å². The van der Waals surface area contributed by atoms with Gasteiger partial charge in [-0.1, -0.05) is 206 Å². The van der Waals surface area contributed by atoms with Crippen molar-refractivity contribution in [3.8, 4) is 50.2 Å². The van der Waals surface area contributed by atoms with Crippen LogP contribution in [0.15, 0.2) is 271 Å². The molecular weight excluding hydrogens is 861 g/mol. The van der Waals surface area contributed by atoms with E-state index in [-0.39, 0.29) is 0 Å². The third-order valence-electron chi connectivity index (χ3n) is 14.4. The molecule has 0 fully saturated rings. The first-order valence-corrected chi connectivity index (χ1v) is 24.3. The van der Waals surface area contributed by atoms with Crippen molar-refractivity contribution < 1.29 is 4.42 Å². The molecular formula is C68H44N2O. The molecule has 71 heavy (non-hydrogen) atoms. The molecule has 14 rings (SSSR count). The van der Waals surface area contributed by atoms with Crippen molar-refractivity contribution in [2.45, 2.75) is 0 Å². The van der Waals surface area contributed by atoms with Crippen LogP contribution in [0.3, 0.4) is 0 Å². The van der Waals surface area contributed by atoms with Gasteiger partial charge in [0.15, 0.2) is 0 Å². The molecule has 0 saturated heterocycles. The fraction of sp³-hybridized carbons (Fsp3) is 0. The van der Waals surface area contributed by atoms with Crippen LogP contribution in [0.25, 0.3) is 115 Å². The van der Waals surface area contributed by atoms with Crippen LogP contribution in [0.1, 0.15) is 0 Å². The molecule has 0 amide bonds. The summed E-state index contributed by atoms with van der Waals surface area (Å²) in [6.07, 6.45) is 0. The minimum Gasteiger partial charge on any atom is -0.455 e. The number of para-hydroxylation sites is 6. The summed E-state index contributed by atoms with van der Waals surface area (Å²) >= 11 is 0. The molecule has 0 radical (unpaired) electrons. The summed E-state index contributed by atoms with van der Waals surface area (Å²) in [5.41, 5.74) is 17.7. The minimum absolute atomic E-state index is 0.898. The first-order valence-electron chi connectivity index (χ1n) is 24.3. The van der Waals surface area contributed by atoms with Crippen molar-refractivity contribution in [3.05, 3.63) is 267 Å². The lowest BCUT2D eigenvalue weighted by Gasteiger charge is -2.28. The van der Waals surface area contributed by atoms with Gasteiger partial charge in [0.05, 0.1) is 22.4 Å². The Morgan fingerprint density at radius 2 is 0.761 bits per heavy atom. The number of aromatic nitrogens is 1. The molecule has 0 aliphatic rings. The first-order chi connectivity index (χ1) is 35.2. The largest absolute Gasteiger partial charge is 0.455 e. The Morgan fingerprint density at radius 3 is 1.46 bits per heavy atom. The van der Waals surface area contributed by atoms with Crippen LogP contribution in [0, 0.1) is 0 Å². The molecule has 2 heterocycles. The van der Waals surface area contributed by atoms with Gasteiger partial charge in [-0.15, -0.1) is 0 Å². The zero-order chi connectivity index (χ0) is 46.8. The molecule has 2 aromatic heterocycles. The lowest BCUT2D eigenvalue weighted by atomic mass is 9.93. The highest BCUT2D eigenvalue weighted by atomic mass is 16.3. The van der Waals surface area contributed by atoms with Crippen molar-refractivity contribution in [1.29, 1.82) is 0 Å². The van der Waals surface area contributed by atoms with Crippen LogP contribution >= 0.6 is 0 Å². The molecule has 0 aliphatic carbocycles. The maximum atomic E-state index is 6.50. The molecule has 0 unspecified atom stereocenters. The topological polar surface area (TPSA) is 21.3 Å². The fourth-order valence-electron chi connectivity index (χ4n) is 11.1. The lowest BCUT2D eigenvalue weighted by molar-refractivity contribution is 0.670. The number of benzene rings is 12. The summed E-state index contributed by atoms with van der Waals surface area (Å²) in [6.45, 7) is 0. The van der Waals surface area contributed by atoms with E-state index < -0.39 is 0 Å². The van der Waals surface area contributed by atoms with Crippen molar-refractivity contribution in [3.63, 3.8) is 0 Å². The second kappa shape index (κ2) is 16.7. The van der Waals surface area contributed by atoms with Crippen molar-refractivity contribution >= 4 is 82.4 Å². The number of hydrogen-bond donors (Lipinski definition) is 0. The van der Waals surface area contributed by atoms with Crippen LogP contribution in [0.5, 0.6) is 0 Å². The van der Waals surface area contributed by atoms with Gasteiger partial charge in [-0.25, -0.2) is 0 Å². The minimum atomic E-state index is 0.898. The Balaban J connectivity index is 0.884. The zero-order valence-corrected chi connectivity index (χ0v) is 38.7. The molecule has 0 N–H and O–H groups in total. The molecule has 0 atom stereocenters. The monoisotopic (exact) mass is 904 g/mol. The predicted molar refractivity (Wildman–Crippen MR) is 299 cm³/mol. The van der Waals surface area contributed by atoms with Gasteiger partial charge in [-0.05, 0) is 110 Å². The molecule has 12 aromatic carbocycles. The fourth-order valence-corrected chi connectivity index (χ4v) is 11.1. The number of anilines is 3. The Kier molecular flexibility index (Phi) is 9.53. The third-order valence-corrected chi connectivity index (χ3v) is 14.4. The average Bonchev–Trinajstić information content (AvgIpc) is 4.00. The van der Waals surface area contributed by atoms with Crippen molar-refractivity contribution in [2.75, 3.05) is 4.90 Å². The molecule has 3 heteroatoms. The second-order valence-electron chi connectivity index (χ2n) is 18.4. The Hall–Kier alpha value is -9.44. The Bertz CT molecular complexity index is 4280. The molecule has 14 aromatic rings. The van der Waals surface area contributed by atoms with Gasteiger partial charge in [-0.2, -0.15) is 0 Å². The van der Waals surface area contributed by atoms with Gasteiger partial charge < -0.3 is 13.9 Å². The Morgan fingerprint density at radius 1 is 0.296 bits per heavy atom. The van der Waals surface area contributed by atoms with Gasteiger partial charge >= 0.3 is 0 Å². The smallest absolute Gasteiger partial charge is 0.143 e. The van der Waals surface area contributed by atoms with Gasteiger partial charge in [0, 0.05) is 49.6 Å². The van der Waals surface area contributed by atoms with E-state index >= 15 is 0 Å². The molecule has 0 bridgehead atoms. The molecule has 3 nitrogen and oxygen atoms in total. The van der Waals surface area contributed by atoms with Gasteiger partial charge in [0.1, 0.15) is 11.2 Å². The molecule has 0 spiro atoms. The van der Waals surface area contributed by atoms with E-state index in [4.69, 9.17) is 4.42 Å². The zero-order valence-electron chi connectivity index (χ0n) is 38.7. The van der Waals surface area contributed by atoms with Gasteiger partial charge in [0.25, 0.3) is 0 Å². The summed E-state index contributed by atoms with van der Waals surface area (Å²) in [4.78, 5) is 2.40. The number of fused-ring (bicyclic) bond motifs is 9. The van der Waals surface area contributed by atoms with E-state index in [0.29, 0.717) is 0 Å². The van der Waals surface area contributed by atoms with Crippen LogP contribution in [-0.4, -0.2) is 4.57 Å². The normalized spacial score (nSPS) is 11.7. The van der Waals surface area contributed by atoms with Gasteiger partial charge in [0.2, 0.25) is 0 Å². The van der Waals surface area contributed by atoms with E-state index in [2.05, 4.69) is 264 Å². The van der Waals surface area contributed by atoms with Crippen molar-refractivity contribution in [1.82, 2.24) is 4.57 Å². The predicted octanol–water partition coefficient (Wildman–Crippen LogP) is 19.1. The standard InChI is InChI=1S/C68H44N2O/c1-2-17-52-49(16-1)44-62(57-21-4-3-20-56(52)57)48-38-42-51(43-39-48)69(50-40-36-47(37-41-50)55-25-15-26-61-60-24-9-14-31-67(60)71-68(55)61)63-27-10-5-18-53(63)45-32-34-46(35-33-45)54-19-6-11-28-64(54)70-65-29-12-7-22-58(65)59-23-8-13-30-66(59)70/h1-44H. The van der Waals surface area contributed by atoms with E-state index in [1.54, 1.807) is 0 Å². The summed E-state index contributed by atoms with van der Waals surface area (Å²) in [6, 6.07) is 96.7. The highest BCUT2D eigenvalue weighted by molar-refractivity contribution is 6.14. The number of furan rings is 1. The highest BCUT2D eigenvalue weighted by Gasteiger charge is 2.21. The summed E-state index contributed by atoms with van der Waals surface area (Å²) < 4.78 is 8.92. The second-order valence-corrected chi connectivity index (χ2v) is 18.4. The van der Waals surface area contributed by atoms with Crippen LogP contribution in [0.2, 0.25) is 0 Å². The number of nitrogens with zero attached hydrogens (tertiary/aromatic N) is 2. The third kappa shape index (κ3) is 6.74. The molecule has 332 valence electrons. The van der Waals surface area contributed by atoms with Gasteiger partial charge in [-0.3, -0.25) is 0 Å². The summed E-state index contributed by atoms with van der Waals surface area (Å²) in [5, 5.41) is 9.78. The first kappa shape index (κ1) is 40.6. The highest BCUT2D eigenvalue weighted by Crippen LogP contribution is 2.45. The van der Waals surface area contributed by atoms with Crippen LogP contribution < -0.4 is 4.90 Å². The average molecular weight is 905 g/mol. The SMILES string of the molecule is c1ccc(N(c2ccc(-c3cc4ccccc4c4ccccc34)cc2)c2ccc(-c3cccc4c3oc3ccccc34)cc2)c(-c2ccc(-c3ccccc3-n3c4ccccc4c4ccccc43)cc2)c1. The summed E-state index contributed by atoms with van der Waals surface area (Å²) in [5.74, 6) is 0. The van der Waals surface area contributed by atoms with E-state index in [1.165, 1.54) is 60.0 Å². The van der Waals surface area contributed by atoms with E-state index in [1.807, 2.05) is 12.1 Å². The lowest BCUT2D eigenvalue weighted by Crippen LogP contribution is -2.11. The quantitative estimate of drug-likeness (QED) is 0.142. The van der Waals surface area contributed by atoms with E-state index in [9.17, 15) is 0 Å². The molecule has 0 aliphatic heterocycles. The number of rotatable bonds is 8. The number of hydrogen-bond acceptors (Lipinski definition) is 2. The maximum absolute atomic E-state index is 6.50. The van der Waals surface area contributed by atoms with E-state index in [0.717, 1.165) is 72.5 Å². The van der Waals surface area contributed by atoms with Crippen LogP contribution in [-0.2, 0) is 0 Å². The van der Waals surface area contributed by atoms with Crippen LogP contribution in [0.4, 0.5) is 17.1 Å². The van der Waals surface area contributed by atoms with Crippen molar-refractivity contribution in [2.24, 2.45) is 0 Å².